The number of pyridine rings is 1. The highest BCUT2D eigenvalue weighted by atomic mass is 16.1. The fraction of sp³-hybridized carbons (Fsp3) is 0.250. The van der Waals surface area contributed by atoms with Crippen LogP contribution in [0.1, 0.15) is 35.3 Å². The number of hydrogen-bond donors (Lipinski definition) is 1. The Morgan fingerprint density at radius 3 is 2.47 bits per heavy atom. The summed E-state index contributed by atoms with van der Waals surface area (Å²) in [7, 11) is 0. The Morgan fingerprint density at radius 2 is 1.84 bits per heavy atom. The molecule has 3 heteroatoms. The maximum Gasteiger partial charge on any atom is 0.193 e. The lowest BCUT2D eigenvalue weighted by molar-refractivity contribution is 0.103. The van der Waals surface area contributed by atoms with Crippen LogP contribution in [-0.2, 0) is 5.41 Å². The van der Waals surface area contributed by atoms with Crippen LogP contribution in [-0.4, -0.2) is 17.3 Å². The van der Waals surface area contributed by atoms with Gasteiger partial charge in [-0.25, -0.2) is 0 Å². The third-order valence-corrected chi connectivity index (χ3v) is 3.36. The van der Waals surface area contributed by atoms with Crippen LogP contribution in [0.25, 0.3) is 0 Å². The Morgan fingerprint density at radius 1 is 1.16 bits per heavy atom. The van der Waals surface area contributed by atoms with E-state index in [0.717, 1.165) is 5.56 Å². The number of aromatic nitrogens is 1. The van der Waals surface area contributed by atoms with Gasteiger partial charge in [-0.15, -0.1) is 0 Å². The zero-order valence-corrected chi connectivity index (χ0v) is 11.3. The molecular formula is C16H18N2O. The molecule has 19 heavy (non-hydrogen) atoms. The zero-order valence-electron chi connectivity index (χ0n) is 11.3. The highest BCUT2D eigenvalue weighted by molar-refractivity contribution is 6.08. The van der Waals surface area contributed by atoms with Crippen LogP contribution in [0.5, 0.6) is 0 Å². The van der Waals surface area contributed by atoms with E-state index in [2.05, 4.69) is 18.8 Å². The Hall–Kier alpha value is -2.00. The first-order valence-corrected chi connectivity index (χ1v) is 6.30. The number of ketones is 1. The van der Waals surface area contributed by atoms with Crippen LogP contribution in [0.15, 0.2) is 48.8 Å². The molecule has 0 saturated heterocycles. The van der Waals surface area contributed by atoms with Crippen LogP contribution < -0.4 is 5.73 Å². The van der Waals surface area contributed by atoms with E-state index in [1.807, 2.05) is 24.3 Å². The number of rotatable bonds is 4. The molecule has 1 aromatic carbocycles. The maximum atomic E-state index is 12.4. The standard InChI is InChI=1S/C16H18N2O/c1-16(2,11-17)14-5-3-4-13(10-14)15(19)12-6-8-18-9-7-12/h3-10H,11,17H2,1-2H3. The summed E-state index contributed by atoms with van der Waals surface area (Å²) in [6, 6.07) is 11.1. The number of hydrogen-bond acceptors (Lipinski definition) is 3. The van der Waals surface area contributed by atoms with Crippen molar-refractivity contribution in [2.24, 2.45) is 5.73 Å². The number of carbonyl (C=O) groups excluding carboxylic acids is 1. The van der Waals surface area contributed by atoms with E-state index in [9.17, 15) is 4.79 Å². The first-order valence-electron chi connectivity index (χ1n) is 6.30. The Kier molecular flexibility index (Phi) is 3.76. The second-order valence-corrected chi connectivity index (χ2v) is 5.23. The van der Waals surface area contributed by atoms with Crippen molar-refractivity contribution in [3.8, 4) is 0 Å². The molecule has 0 unspecified atom stereocenters. The smallest absolute Gasteiger partial charge is 0.193 e. The normalized spacial score (nSPS) is 11.3. The van der Waals surface area contributed by atoms with E-state index in [4.69, 9.17) is 5.73 Å². The summed E-state index contributed by atoms with van der Waals surface area (Å²) in [4.78, 5) is 16.3. The maximum absolute atomic E-state index is 12.4. The molecule has 0 atom stereocenters. The van der Waals surface area contributed by atoms with Crippen molar-refractivity contribution in [1.29, 1.82) is 0 Å². The number of benzene rings is 1. The molecule has 2 aromatic rings. The van der Waals surface area contributed by atoms with Crippen molar-refractivity contribution in [3.05, 3.63) is 65.5 Å². The van der Waals surface area contributed by atoms with E-state index in [1.165, 1.54) is 0 Å². The minimum absolute atomic E-state index is 0.0112. The predicted molar refractivity (Wildman–Crippen MR) is 76.2 cm³/mol. The van der Waals surface area contributed by atoms with Crippen LogP contribution in [0.2, 0.25) is 0 Å². The summed E-state index contributed by atoms with van der Waals surface area (Å²) < 4.78 is 0. The lowest BCUT2D eigenvalue weighted by Gasteiger charge is -2.23. The fourth-order valence-corrected chi connectivity index (χ4v) is 1.87. The highest BCUT2D eigenvalue weighted by Crippen LogP contribution is 2.23. The van der Waals surface area contributed by atoms with Crippen molar-refractivity contribution in [2.75, 3.05) is 6.54 Å². The third-order valence-electron chi connectivity index (χ3n) is 3.36. The van der Waals surface area contributed by atoms with E-state index < -0.39 is 0 Å². The van der Waals surface area contributed by atoms with Crippen LogP contribution >= 0.6 is 0 Å². The molecule has 98 valence electrons. The van der Waals surface area contributed by atoms with Crippen LogP contribution in [0.3, 0.4) is 0 Å². The molecule has 3 nitrogen and oxygen atoms in total. The largest absolute Gasteiger partial charge is 0.330 e. The second-order valence-electron chi connectivity index (χ2n) is 5.23. The lowest BCUT2D eigenvalue weighted by atomic mass is 9.83. The van der Waals surface area contributed by atoms with Gasteiger partial charge in [0.2, 0.25) is 0 Å². The fourth-order valence-electron chi connectivity index (χ4n) is 1.87. The molecule has 0 aliphatic heterocycles. The average Bonchev–Trinajstić information content (AvgIpc) is 2.47. The van der Waals surface area contributed by atoms with E-state index in [1.54, 1.807) is 24.5 Å². The summed E-state index contributed by atoms with van der Waals surface area (Å²) in [6.07, 6.45) is 3.25. The van der Waals surface area contributed by atoms with Gasteiger partial charge in [0.25, 0.3) is 0 Å². The van der Waals surface area contributed by atoms with Crippen molar-refractivity contribution in [1.82, 2.24) is 4.98 Å². The SMILES string of the molecule is CC(C)(CN)c1cccc(C(=O)c2ccncc2)c1. The topological polar surface area (TPSA) is 56.0 Å². The minimum Gasteiger partial charge on any atom is -0.330 e. The molecule has 0 spiro atoms. The van der Waals surface area contributed by atoms with Gasteiger partial charge >= 0.3 is 0 Å². The minimum atomic E-state index is -0.130. The van der Waals surface area contributed by atoms with Gasteiger partial charge in [-0.1, -0.05) is 32.0 Å². The summed E-state index contributed by atoms with van der Waals surface area (Å²) in [5.74, 6) is 0.0112. The first kappa shape index (κ1) is 13.4. The first-order chi connectivity index (χ1) is 9.04. The molecule has 0 radical (unpaired) electrons. The summed E-state index contributed by atoms with van der Waals surface area (Å²) in [6.45, 7) is 4.69. The average molecular weight is 254 g/mol. The van der Waals surface area contributed by atoms with Crippen LogP contribution in [0.4, 0.5) is 0 Å². The van der Waals surface area contributed by atoms with Crippen molar-refractivity contribution < 1.29 is 4.79 Å². The van der Waals surface area contributed by atoms with Crippen molar-refractivity contribution in [2.45, 2.75) is 19.3 Å². The summed E-state index contributed by atoms with van der Waals surface area (Å²) in [5, 5.41) is 0. The summed E-state index contributed by atoms with van der Waals surface area (Å²) in [5.41, 5.74) is 8.07. The monoisotopic (exact) mass is 254 g/mol. The van der Waals surface area contributed by atoms with Gasteiger partial charge in [0.15, 0.2) is 5.78 Å². The lowest BCUT2D eigenvalue weighted by Crippen LogP contribution is -2.28. The van der Waals surface area contributed by atoms with Gasteiger partial charge in [0.05, 0.1) is 0 Å². The number of nitrogens with zero attached hydrogens (tertiary/aromatic N) is 1. The molecule has 2 rings (SSSR count). The zero-order chi connectivity index (χ0) is 13.9. The van der Waals surface area contributed by atoms with Crippen LogP contribution in [0, 0.1) is 0 Å². The Balaban J connectivity index is 2.37. The molecule has 0 amide bonds. The summed E-state index contributed by atoms with van der Waals surface area (Å²) >= 11 is 0. The number of nitrogens with two attached hydrogens (primary N) is 1. The molecular weight excluding hydrogens is 236 g/mol. The van der Waals surface area contributed by atoms with E-state index in [-0.39, 0.29) is 11.2 Å². The van der Waals surface area contributed by atoms with Crippen molar-refractivity contribution >= 4 is 5.78 Å². The van der Waals surface area contributed by atoms with Gasteiger partial charge in [0, 0.05) is 35.5 Å². The molecule has 1 heterocycles. The van der Waals surface area contributed by atoms with Crippen molar-refractivity contribution in [3.63, 3.8) is 0 Å². The molecule has 0 aliphatic carbocycles. The molecule has 0 bridgehead atoms. The predicted octanol–water partition coefficient (Wildman–Crippen LogP) is 2.55. The van der Waals surface area contributed by atoms with E-state index >= 15 is 0 Å². The van der Waals surface area contributed by atoms with Gasteiger partial charge in [-0.05, 0) is 23.8 Å². The van der Waals surface area contributed by atoms with E-state index in [0.29, 0.717) is 17.7 Å². The highest BCUT2D eigenvalue weighted by Gasteiger charge is 2.19. The molecule has 1 aromatic heterocycles. The van der Waals surface area contributed by atoms with Gasteiger partial charge in [0.1, 0.15) is 0 Å². The molecule has 0 aliphatic rings. The van der Waals surface area contributed by atoms with Gasteiger partial charge in [-0.2, -0.15) is 0 Å². The quantitative estimate of drug-likeness (QED) is 0.853. The Labute approximate surface area is 113 Å². The second kappa shape index (κ2) is 5.33. The van der Waals surface area contributed by atoms with Gasteiger partial charge in [-0.3, -0.25) is 9.78 Å². The van der Waals surface area contributed by atoms with Gasteiger partial charge < -0.3 is 5.73 Å². The molecule has 0 saturated carbocycles. The third kappa shape index (κ3) is 2.88. The Bertz CT molecular complexity index is 576. The molecule has 2 N–H and O–H groups in total. The number of carbonyl (C=O) groups is 1. The molecule has 0 fully saturated rings.